The van der Waals surface area contributed by atoms with Gasteiger partial charge in [-0.2, -0.15) is 10.2 Å². The molecule has 0 saturated heterocycles. The van der Waals surface area contributed by atoms with E-state index in [1.54, 1.807) is 17.9 Å². The van der Waals surface area contributed by atoms with E-state index in [0.717, 1.165) is 4.47 Å². The molecule has 6 nitrogen and oxygen atoms in total. The van der Waals surface area contributed by atoms with Crippen LogP contribution >= 0.6 is 15.9 Å². The molecule has 2 aromatic heterocycles. The van der Waals surface area contributed by atoms with Crippen molar-refractivity contribution >= 4 is 21.7 Å². The number of aliphatic hydroxyl groups excluding tert-OH is 1. The third kappa shape index (κ3) is 1.64. The zero-order valence-corrected chi connectivity index (χ0v) is 9.56. The average molecular weight is 272 g/mol. The van der Waals surface area contributed by atoms with Gasteiger partial charge in [-0.3, -0.25) is 9.78 Å². The van der Waals surface area contributed by atoms with Crippen LogP contribution in [0.25, 0.3) is 0 Å². The topological polar surface area (TPSA) is 92.7 Å². The van der Waals surface area contributed by atoms with Crippen molar-refractivity contribution in [2.24, 2.45) is 7.05 Å². The number of aryl methyl sites for hydroxylation is 1. The molecule has 80 valence electrons. The highest BCUT2D eigenvalue weighted by molar-refractivity contribution is 9.10. The molecule has 0 aliphatic rings. The zero-order valence-electron chi connectivity index (χ0n) is 7.98. The highest BCUT2D eigenvalue weighted by atomic mass is 79.9. The molecule has 1 atom stereocenters. The summed E-state index contributed by atoms with van der Waals surface area (Å²) < 4.78 is 2.32. The SMILES string of the molecule is Cn1ncc(Br)c1C(O)c1cn[nH]c1N. The average Bonchev–Trinajstić information content (AvgIpc) is 2.73. The van der Waals surface area contributed by atoms with Crippen molar-refractivity contribution < 1.29 is 5.11 Å². The van der Waals surface area contributed by atoms with Crippen molar-refractivity contribution in [3.8, 4) is 0 Å². The van der Waals surface area contributed by atoms with Crippen LogP contribution in [0.15, 0.2) is 16.9 Å². The monoisotopic (exact) mass is 271 g/mol. The largest absolute Gasteiger partial charge is 0.384 e. The zero-order chi connectivity index (χ0) is 11.0. The minimum atomic E-state index is -0.842. The number of anilines is 1. The Balaban J connectivity index is 2.45. The van der Waals surface area contributed by atoms with Gasteiger partial charge in [-0.05, 0) is 15.9 Å². The fourth-order valence-corrected chi connectivity index (χ4v) is 1.96. The van der Waals surface area contributed by atoms with Crippen LogP contribution in [0, 0.1) is 0 Å². The van der Waals surface area contributed by atoms with E-state index in [0.29, 0.717) is 17.1 Å². The summed E-state index contributed by atoms with van der Waals surface area (Å²) in [7, 11) is 1.75. The first-order valence-electron chi connectivity index (χ1n) is 4.25. The lowest BCUT2D eigenvalue weighted by Crippen LogP contribution is -2.08. The highest BCUT2D eigenvalue weighted by Crippen LogP contribution is 2.29. The maximum Gasteiger partial charge on any atom is 0.127 e. The van der Waals surface area contributed by atoms with E-state index in [4.69, 9.17) is 5.73 Å². The molecule has 0 amide bonds. The van der Waals surface area contributed by atoms with Crippen molar-refractivity contribution in [1.82, 2.24) is 20.0 Å². The molecule has 15 heavy (non-hydrogen) atoms. The number of halogens is 1. The summed E-state index contributed by atoms with van der Waals surface area (Å²) in [4.78, 5) is 0. The minimum absolute atomic E-state index is 0.357. The van der Waals surface area contributed by atoms with E-state index in [9.17, 15) is 5.11 Å². The van der Waals surface area contributed by atoms with Gasteiger partial charge < -0.3 is 10.8 Å². The van der Waals surface area contributed by atoms with Crippen LogP contribution in [0.1, 0.15) is 17.4 Å². The fourth-order valence-electron chi connectivity index (χ4n) is 1.40. The van der Waals surface area contributed by atoms with Crippen molar-refractivity contribution in [2.45, 2.75) is 6.10 Å². The Kier molecular flexibility index (Phi) is 2.49. The van der Waals surface area contributed by atoms with Crippen molar-refractivity contribution in [3.63, 3.8) is 0 Å². The van der Waals surface area contributed by atoms with Gasteiger partial charge in [0.05, 0.1) is 22.6 Å². The number of nitrogens with two attached hydrogens (primary N) is 1. The molecule has 0 saturated carbocycles. The summed E-state index contributed by atoms with van der Waals surface area (Å²) in [5.41, 5.74) is 6.81. The fraction of sp³-hybridized carbons (Fsp3) is 0.250. The Bertz CT molecular complexity index is 458. The molecule has 0 aliphatic heterocycles. The van der Waals surface area contributed by atoms with Gasteiger partial charge in [0.2, 0.25) is 0 Å². The van der Waals surface area contributed by atoms with Crippen LogP contribution in [0.2, 0.25) is 0 Å². The van der Waals surface area contributed by atoms with Gasteiger partial charge in [0.1, 0.15) is 11.9 Å². The standard InChI is InChI=1S/C8H10BrN5O/c1-14-6(5(9)3-12-14)7(15)4-2-11-13-8(4)10/h2-3,7,15H,1H3,(H3,10,11,13). The summed E-state index contributed by atoms with van der Waals surface area (Å²) in [6.45, 7) is 0. The second kappa shape index (κ2) is 3.67. The molecule has 0 fully saturated rings. The second-order valence-corrected chi connectivity index (χ2v) is 4.00. The molecule has 0 aromatic carbocycles. The number of nitrogens with zero attached hydrogens (tertiary/aromatic N) is 3. The number of aromatic amines is 1. The smallest absolute Gasteiger partial charge is 0.127 e. The van der Waals surface area contributed by atoms with E-state index < -0.39 is 6.10 Å². The van der Waals surface area contributed by atoms with Crippen LogP contribution in [0.4, 0.5) is 5.82 Å². The normalized spacial score (nSPS) is 13.0. The van der Waals surface area contributed by atoms with Gasteiger partial charge >= 0.3 is 0 Å². The first-order chi connectivity index (χ1) is 7.11. The lowest BCUT2D eigenvalue weighted by molar-refractivity contribution is 0.209. The Morgan fingerprint density at radius 3 is 2.80 bits per heavy atom. The first kappa shape index (κ1) is 10.2. The van der Waals surface area contributed by atoms with Crippen molar-refractivity contribution in [1.29, 1.82) is 0 Å². The lowest BCUT2D eigenvalue weighted by Gasteiger charge is -2.10. The molecule has 0 radical (unpaired) electrons. The maximum absolute atomic E-state index is 10.1. The van der Waals surface area contributed by atoms with Crippen LogP contribution in [-0.4, -0.2) is 25.1 Å². The number of aliphatic hydroxyl groups is 1. The van der Waals surface area contributed by atoms with Crippen LogP contribution in [-0.2, 0) is 7.05 Å². The highest BCUT2D eigenvalue weighted by Gasteiger charge is 2.21. The molecule has 2 heterocycles. The van der Waals surface area contributed by atoms with E-state index in [-0.39, 0.29) is 0 Å². The van der Waals surface area contributed by atoms with Crippen LogP contribution in [0.3, 0.4) is 0 Å². The number of nitrogen functional groups attached to an aromatic ring is 1. The third-order valence-electron chi connectivity index (χ3n) is 2.19. The van der Waals surface area contributed by atoms with Gasteiger partial charge in [-0.25, -0.2) is 0 Å². The predicted octanol–water partition coefficient (Wildman–Crippen LogP) is 0.570. The molecule has 0 spiro atoms. The van der Waals surface area contributed by atoms with Crippen molar-refractivity contribution in [2.75, 3.05) is 5.73 Å². The molecule has 0 aliphatic carbocycles. The van der Waals surface area contributed by atoms with E-state index in [1.165, 1.54) is 6.20 Å². The van der Waals surface area contributed by atoms with Gasteiger partial charge in [0.25, 0.3) is 0 Å². The molecule has 2 rings (SSSR count). The summed E-state index contributed by atoms with van der Waals surface area (Å²) >= 11 is 3.31. The molecule has 7 heteroatoms. The third-order valence-corrected chi connectivity index (χ3v) is 2.80. The predicted molar refractivity (Wildman–Crippen MR) is 58.0 cm³/mol. The molecule has 0 bridgehead atoms. The van der Waals surface area contributed by atoms with Gasteiger partial charge in [0.15, 0.2) is 0 Å². The Morgan fingerprint density at radius 1 is 1.60 bits per heavy atom. The van der Waals surface area contributed by atoms with E-state index in [2.05, 4.69) is 31.2 Å². The Hall–Kier alpha value is -1.34. The van der Waals surface area contributed by atoms with Gasteiger partial charge in [-0.15, -0.1) is 0 Å². The van der Waals surface area contributed by atoms with E-state index >= 15 is 0 Å². The van der Waals surface area contributed by atoms with Crippen LogP contribution < -0.4 is 5.73 Å². The van der Waals surface area contributed by atoms with E-state index in [1.807, 2.05) is 0 Å². The number of nitrogens with one attached hydrogen (secondary N) is 1. The Morgan fingerprint density at radius 2 is 2.33 bits per heavy atom. The Labute approximate surface area is 94.2 Å². The summed E-state index contributed by atoms with van der Waals surface area (Å²) in [6, 6.07) is 0. The quantitative estimate of drug-likeness (QED) is 0.745. The number of hydrogen-bond acceptors (Lipinski definition) is 4. The maximum atomic E-state index is 10.1. The van der Waals surface area contributed by atoms with Gasteiger partial charge in [-0.1, -0.05) is 0 Å². The number of aromatic nitrogens is 4. The molecular weight excluding hydrogens is 262 g/mol. The minimum Gasteiger partial charge on any atom is -0.384 e. The molecule has 1 unspecified atom stereocenters. The summed E-state index contributed by atoms with van der Waals surface area (Å²) in [5.74, 6) is 0.357. The second-order valence-electron chi connectivity index (χ2n) is 3.14. The van der Waals surface area contributed by atoms with Crippen molar-refractivity contribution in [3.05, 3.63) is 28.1 Å². The lowest BCUT2D eigenvalue weighted by atomic mass is 10.1. The molecule has 4 N–H and O–H groups in total. The number of hydrogen-bond donors (Lipinski definition) is 3. The van der Waals surface area contributed by atoms with Gasteiger partial charge in [0, 0.05) is 12.6 Å². The number of rotatable bonds is 2. The first-order valence-corrected chi connectivity index (χ1v) is 5.04. The summed E-state index contributed by atoms with van der Waals surface area (Å²) in [5, 5.41) is 20.4. The number of H-pyrrole nitrogens is 1. The molecule has 2 aromatic rings. The molecular formula is C8H10BrN5O. The summed E-state index contributed by atoms with van der Waals surface area (Å²) in [6.07, 6.45) is 2.28. The van der Waals surface area contributed by atoms with Crippen LogP contribution in [0.5, 0.6) is 0 Å².